The molecule has 3 rings (SSSR count). The van der Waals surface area contributed by atoms with E-state index in [1.165, 1.54) is 12.1 Å². The molecule has 7 nitrogen and oxygen atoms in total. The maximum atomic E-state index is 13.3. The molecule has 0 saturated heterocycles. The van der Waals surface area contributed by atoms with Crippen molar-refractivity contribution < 1.29 is 9.72 Å². The lowest BCUT2D eigenvalue weighted by Crippen LogP contribution is -2.20. The van der Waals surface area contributed by atoms with Crippen molar-refractivity contribution in [2.45, 2.75) is 31.0 Å². The molecule has 0 spiro atoms. The summed E-state index contributed by atoms with van der Waals surface area (Å²) in [7, 11) is 0. The minimum atomic E-state index is -0.761. The summed E-state index contributed by atoms with van der Waals surface area (Å²) < 4.78 is 0. The number of amides is 1. The molecule has 31 heavy (non-hydrogen) atoms. The van der Waals surface area contributed by atoms with Crippen LogP contribution in [0.2, 0.25) is 0 Å². The second-order valence-corrected chi connectivity index (χ2v) is 8.14. The standard InChI is InChI=1S/C23H20N4O3S/c1-14-9-10-19(20(11-14)27(29)30)26-22(28)21(17-7-5-4-6-8-17)31-23-18(13-24)15(2)12-16(3)25-23/h4-12,21H,1-3H3,(H,26,28). The Morgan fingerprint density at radius 3 is 2.52 bits per heavy atom. The summed E-state index contributed by atoms with van der Waals surface area (Å²) in [6.07, 6.45) is 0. The molecule has 0 bridgehead atoms. The molecule has 1 unspecified atom stereocenters. The van der Waals surface area contributed by atoms with E-state index in [1.807, 2.05) is 38.1 Å². The van der Waals surface area contributed by atoms with E-state index in [-0.39, 0.29) is 11.4 Å². The van der Waals surface area contributed by atoms with Gasteiger partial charge in [0.05, 0.1) is 10.5 Å². The Bertz CT molecular complexity index is 1190. The Morgan fingerprint density at radius 2 is 1.87 bits per heavy atom. The molecular weight excluding hydrogens is 412 g/mol. The van der Waals surface area contributed by atoms with Crippen LogP contribution >= 0.6 is 11.8 Å². The molecule has 3 aromatic rings. The van der Waals surface area contributed by atoms with Gasteiger partial charge in [0.15, 0.2) is 0 Å². The van der Waals surface area contributed by atoms with Crippen LogP contribution in [0.5, 0.6) is 0 Å². The van der Waals surface area contributed by atoms with Crippen LogP contribution in [-0.2, 0) is 4.79 Å². The highest BCUT2D eigenvalue weighted by atomic mass is 32.2. The van der Waals surface area contributed by atoms with Crippen molar-refractivity contribution in [3.8, 4) is 6.07 Å². The zero-order chi connectivity index (χ0) is 22.5. The molecule has 2 aromatic carbocycles. The average Bonchev–Trinajstić information content (AvgIpc) is 2.73. The maximum absolute atomic E-state index is 13.3. The van der Waals surface area contributed by atoms with Crippen LogP contribution in [0.4, 0.5) is 11.4 Å². The number of carbonyl (C=O) groups excluding carboxylic acids is 1. The third kappa shape index (κ3) is 5.08. The van der Waals surface area contributed by atoms with Crippen molar-refractivity contribution in [1.82, 2.24) is 4.98 Å². The van der Waals surface area contributed by atoms with E-state index < -0.39 is 16.1 Å². The summed E-state index contributed by atoms with van der Waals surface area (Å²) in [5, 5.41) is 23.4. The summed E-state index contributed by atoms with van der Waals surface area (Å²) in [5.74, 6) is -0.437. The van der Waals surface area contributed by atoms with Crippen LogP contribution in [0.1, 0.15) is 33.2 Å². The van der Waals surface area contributed by atoms with Gasteiger partial charge in [-0.25, -0.2) is 4.98 Å². The van der Waals surface area contributed by atoms with E-state index in [4.69, 9.17) is 0 Å². The monoisotopic (exact) mass is 432 g/mol. The summed E-state index contributed by atoms with van der Waals surface area (Å²) in [5.41, 5.74) is 3.29. The number of hydrogen-bond donors (Lipinski definition) is 1. The number of nitrogens with one attached hydrogen (secondary N) is 1. The fourth-order valence-electron chi connectivity index (χ4n) is 3.13. The molecule has 1 amide bonds. The molecule has 0 aliphatic rings. The van der Waals surface area contributed by atoms with Crippen LogP contribution in [0.25, 0.3) is 0 Å². The lowest BCUT2D eigenvalue weighted by Gasteiger charge is -2.18. The van der Waals surface area contributed by atoms with Crippen LogP contribution in [-0.4, -0.2) is 15.8 Å². The minimum absolute atomic E-state index is 0.121. The lowest BCUT2D eigenvalue weighted by atomic mass is 10.1. The summed E-state index contributed by atoms with van der Waals surface area (Å²) >= 11 is 1.15. The van der Waals surface area contributed by atoms with E-state index in [9.17, 15) is 20.2 Å². The molecule has 0 saturated carbocycles. The van der Waals surface area contributed by atoms with Crippen molar-refractivity contribution >= 4 is 29.0 Å². The second-order valence-electron chi connectivity index (χ2n) is 7.05. The van der Waals surface area contributed by atoms with Gasteiger partial charge in [-0.15, -0.1) is 0 Å². The van der Waals surface area contributed by atoms with Crippen molar-refractivity contribution in [1.29, 1.82) is 5.26 Å². The zero-order valence-corrected chi connectivity index (χ0v) is 18.1. The van der Waals surface area contributed by atoms with E-state index >= 15 is 0 Å². The summed E-state index contributed by atoms with van der Waals surface area (Å²) in [4.78, 5) is 28.7. The number of nitro groups is 1. The highest BCUT2D eigenvalue weighted by Gasteiger charge is 2.27. The number of aryl methyl sites for hydroxylation is 3. The molecule has 0 fully saturated rings. The largest absolute Gasteiger partial charge is 0.319 e. The quantitative estimate of drug-likeness (QED) is 0.323. The van der Waals surface area contributed by atoms with Gasteiger partial charge in [-0.2, -0.15) is 5.26 Å². The summed E-state index contributed by atoms with van der Waals surface area (Å²) in [6, 6.07) is 17.7. The first-order valence-electron chi connectivity index (χ1n) is 9.46. The molecule has 0 aliphatic carbocycles. The number of rotatable bonds is 6. The van der Waals surface area contributed by atoms with E-state index in [0.717, 1.165) is 28.6 Å². The Morgan fingerprint density at radius 1 is 1.16 bits per heavy atom. The smallest absolute Gasteiger partial charge is 0.293 e. The number of hydrogen-bond acceptors (Lipinski definition) is 6. The van der Waals surface area contributed by atoms with E-state index in [2.05, 4.69) is 16.4 Å². The first kappa shape index (κ1) is 22.0. The van der Waals surface area contributed by atoms with Gasteiger partial charge in [0.1, 0.15) is 22.0 Å². The number of nitriles is 1. The number of anilines is 1. The number of nitro benzene ring substituents is 1. The number of thioether (sulfide) groups is 1. The van der Waals surface area contributed by atoms with Gasteiger partial charge >= 0.3 is 0 Å². The average molecular weight is 433 g/mol. The molecular formula is C23H20N4O3S. The number of carbonyl (C=O) groups is 1. The van der Waals surface area contributed by atoms with Gasteiger partial charge in [-0.1, -0.05) is 48.2 Å². The lowest BCUT2D eigenvalue weighted by molar-refractivity contribution is -0.384. The van der Waals surface area contributed by atoms with Crippen molar-refractivity contribution in [3.05, 3.63) is 92.7 Å². The third-order valence-corrected chi connectivity index (χ3v) is 5.84. The van der Waals surface area contributed by atoms with Crippen LogP contribution in [0.3, 0.4) is 0 Å². The number of pyridine rings is 1. The third-order valence-electron chi connectivity index (χ3n) is 4.60. The molecule has 1 atom stereocenters. The zero-order valence-electron chi connectivity index (χ0n) is 17.2. The van der Waals surface area contributed by atoms with E-state index in [0.29, 0.717) is 16.2 Å². The first-order valence-corrected chi connectivity index (χ1v) is 10.3. The predicted octanol–water partition coefficient (Wildman–Crippen LogP) is 5.26. The van der Waals surface area contributed by atoms with Gasteiger partial charge in [0.2, 0.25) is 5.91 Å². The Balaban J connectivity index is 2.01. The number of benzene rings is 2. The maximum Gasteiger partial charge on any atom is 0.293 e. The SMILES string of the molecule is Cc1ccc(NC(=O)C(Sc2nc(C)cc(C)c2C#N)c2ccccc2)c([N+](=O)[O-])c1. The summed E-state index contributed by atoms with van der Waals surface area (Å²) in [6.45, 7) is 5.40. The van der Waals surface area contributed by atoms with E-state index in [1.54, 1.807) is 25.1 Å². The molecule has 0 radical (unpaired) electrons. The fourth-order valence-corrected chi connectivity index (χ4v) is 4.34. The van der Waals surface area contributed by atoms with Crippen LogP contribution in [0, 0.1) is 42.2 Å². The second kappa shape index (κ2) is 9.41. The van der Waals surface area contributed by atoms with Gasteiger partial charge in [0.25, 0.3) is 5.69 Å². The van der Waals surface area contributed by atoms with Gasteiger partial charge in [0, 0.05) is 11.8 Å². The van der Waals surface area contributed by atoms with Crippen molar-refractivity contribution in [3.63, 3.8) is 0 Å². The van der Waals surface area contributed by atoms with Crippen molar-refractivity contribution in [2.75, 3.05) is 5.32 Å². The molecule has 1 N–H and O–H groups in total. The first-order chi connectivity index (χ1) is 14.8. The Labute approximate surface area is 184 Å². The fraction of sp³-hybridized carbons (Fsp3) is 0.174. The van der Waals surface area contributed by atoms with Gasteiger partial charge in [-0.3, -0.25) is 14.9 Å². The minimum Gasteiger partial charge on any atom is -0.319 e. The Kier molecular flexibility index (Phi) is 6.68. The Hall–Kier alpha value is -3.70. The highest BCUT2D eigenvalue weighted by Crippen LogP contribution is 2.38. The molecule has 0 aliphatic heterocycles. The normalized spacial score (nSPS) is 11.4. The topological polar surface area (TPSA) is 109 Å². The molecule has 156 valence electrons. The highest BCUT2D eigenvalue weighted by molar-refractivity contribution is 8.00. The van der Waals surface area contributed by atoms with Crippen LogP contribution < -0.4 is 5.32 Å². The molecule has 8 heteroatoms. The van der Waals surface area contributed by atoms with Gasteiger partial charge in [-0.05, 0) is 49.6 Å². The molecule has 1 heterocycles. The molecule has 1 aromatic heterocycles. The van der Waals surface area contributed by atoms with Gasteiger partial charge < -0.3 is 5.32 Å². The van der Waals surface area contributed by atoms with Crippen LogP contribution in [0.15, 0.2) is 59.6 Å². The predicted molar refractivity (Wildman–Crippen MR) is 120 cm³/mol. The van der Waals surface area contributed by atoms with Crippen molar-refractivity contribution in [2.24, 2.45) is 0 Å². The number of aromatic nitrogens is 1. The number of nitrogens with zero attached hydrogens (tertiary/aromatic N) is 3.